The maximum Gasteiger partial charge on any atom is 0.371 e. The highest BCUT2D eigenvalue weighted by Crippen LogP contribution is 2.37. The van der Waals surface area contributed by atoms with Crippen molar-refractivity contribution in [1.29, 1.82) is 0 Å². The summed E-state index contributed by atoms with van der Waals surface area (Å²) in [5.74, 6) is -2.61. The largest absolute Gasteiger partial charge is 0.475 e. The molecule has 0 aliphatic heterocycles. The highest BCUT2D eigenvalue weighted by molar-refractivity contribution is 5.94. The fraction of sp³-hybridized carbons (Fsp3) is 0.462. The number of furan rings is 1. The third kappa shape index (κ3) is 2.66. The van der Waals surface area contributed by atoms with Crippen LogP contribution in [-0.4, -0.2) is 29.4 Å². The molecule has 1 saturated carbocycles. The topological polar surface area (TPSA) is 123 Å². The van der Waals surface area contributed by atoms with E-state index in [1.807, 2.05) is 0 Å². The molecule has 1 aromatic heterocycles. The van der Waals surface area contributed by atoms with E-state index in [1.165, 1.54) is 12.1 Å². The van der Waals surface area contributed by atoms with Crippen LogP contribution in [0.4, 0.5) is 0 Å². The van der Waals surface area contributed by atoms with Crippen molar-refractivity contribution in [1.82, 2.24) is 5.32 Å². The highest BCUT2D eigenvalue weighted by Gasteiger charge is 2.39. The monoisotopic (exact) mass is 280 g/mol. The molecular formula is C13H16N2O5. The molecule has 1 heterocycles. The van der Waals surface area contributed by atoms with Crippen LogP contribution in [0.3, 0.4) is 0 Å². The van der Waals surface area contributed by atoms with Crippen LogP contribution in [-0.2, 0) is 4.79 Å². The van der Waals surface area contributed by atoms with Crippen molar-refractivity contribution in [3.05, 3.63) is 23.7 Å². The van der Waals surface area contributed by atoms with Gasteiger partial charge in [-0.05, 0) is 25.0 Å². The lowest BCUT2D eigenvalue weighted by atomic mass is 9.85. The van der Waals surface area contributed by atoms with Gasteiger partial charge in [0.2, 0.25) is 11.7 Å². The molecular weight excluding hydrogens is 264 g/mol. The molecule has 2 amide bonds. The normalized spacial score (nSPS) is 16.8. The van der Waals surface area contributed by atoms with Gasteiger partial charge in [-0.3, -0.25) is 9.59 Å². The average Bonchev–Trinajstić information content (AvgIpc) is 3.06. The second-order valence-corrected chi connectivity index (χ2v) is 5.00. The Morgan fingerprint density at radius 3 is 2.35 bits per heavy atom. The second-order valence-electron chi connectivity index (χ2n) is 5.00. The Balaban J connectivity index is 2.00. The molecule has 0 atom stereocenters. The number of primary amides is 1. The van der Waals surface area contributed by atoms with E-state index in [-0.39, 0.29) is 18.1 Å². The number of hydrogen-bond donors (Lipinski definition) is 3. The molecule has 0 unspecified atom stereocenters. The number of carboxylic acid groups (broad SMARTS) is 1. The number of rotatable bonds is 5. The van der Waals surface area contributed by atoms with Gasteiger partial charge < -0.3 is 20.6 Å². The van der Waals surface area contributed by atoms with E-state index in [1.54, 1.807) is 0 Å². The van der Waals surface area contributed by atoms with Gasteiger partial charge in [-0.15, -0.1) is 0 Å². The number of hydrogen-bond acceptors (Lipinski definition) is 4. The Bertz CT molecular complexity index is 543. The van der Waals surface area contributed by atoms with Crippen LogP contribution in [0.25, 0.3) is 0 Å². The van der Waals surface area contributed by atoms with Gasteiger partial charge in [-0.25, -0.2) is 4.79 Å². The summed E-state index contributed by atoms with van der Waals surface area (Å²) in [7, 11) is 0. The minimum atomic E-state index is -1.24. The minimum absolute atomic E-state index is 0.0972. The summed E-state index contributed by atoms with van der Waals surface area (Å²) < 4.78 is 4.89. The molecule has 0 aromatic carbocycles. The Morgan fingerprint density at radius 1 is 1.25 bits per heavy atom. The van der Waals surface area contributed by atoms with Gasteiger partial charge in [0.15, 0.2) is 5.76 Å². The zero-order chi connectivity index (χ0) is 14.8. The summed E-state index contributed by atoms with van der Waals surface area (Å²) in [6.45, 7) is 0.143. The van der Waals surface area contributed by atoms with Crippen LogP contribution in [0.1, 0.15) is 46.8 Å². The van der Waals surface area contributed by atoms with Crippen molar-refractivity contribution in [2.45, 2.75) is 25.7 Å². The number of carbonyl (C=O) groups is 3. The van der Waals surface area contributed by atoms with E-state index in [4.69, 9.17) is 15.3 Å². The molecule has 108 valence electrons. The number of amides is 2. The smallest absolute Gasteiger partial charge is 0.371 e. The SMILES string of the molecule is NC(=O)C1(CNC(=O)c2ccc(C(=O)O)o2)CCCC1. The number of carboxylic acids is 1. The summed E-state index contributed by atoms with van der Waals surface area (Å²) in [6, 6.07) is 2.49. The third-order valence-corrected chi connectivity index (χ3v) is 3.71. The van der Waals surface area contributed by atoms with Crippen molar-refractivity contribution in [3.8, 4) is 0 Å². The summed E-state index contributed by atoms with van der Waals surface area (Å²) >= 11 is 0. The standard InChI is InChI=1S/C13H16N2O5/c14-12(19)13(5-1-2-6-13)7-15-10(16)8-3-4-9(20-8)11(17)18/h3-4H,1-2,5-7H2,(H2,14,19)(H,15,16)(H,17,18). The second kappa shape index (κ2) is 5.36. The number of nitrogens with two attached hydrogens (primary N) is 1. The summed E-state index contributed by atoms with van der Waals surface area (Å²) in [5, 5.41) is 11.3. The first kappa shape index (κ1) is 14.1. The highest BCUT2D eigenvalue weighted by atomic mass is 16.4. The van der Waals surface area contributed by atoms with Gasteiger partial charge >= 0.3 is 5.97 Å². The predicted octanol–water partition coefficient (Wildman–Crippen LogP) is 0.753. The lowest BCUT2D eigenvalue weighted by Gasteiger charge is -2.24. The molecule has 0 spiro atoms. The van der Waals surface area contributed by atoms with Gasteiger partial charge in [-0.1, -0.05) is 12.8 Å². The maximum atomic E-state index is 11.9. The molecule has 1 aromatic rings. The minimum Gasteiger partial charge on any atom is -0.475 e. The van der Waals surface area contributed by atoms with Crippen LogP contribution < -0.4 is 11.1 Å². The molecule has 7 heteroatoms. The van der Waals surface area contributed by atoms with Crippen molar-refractivity contribution >= 4 is 17.8 Å². The van der Waals surface area contributed by atoms with Crippen molar-refractivity contribution < 1.29 is 23.9 Å². The Kier molecular flexibility index (Phi) is 3.78. The van der Waals surface area contributed by atoms with Crippen LogP contribution in [0.2, 0.25) is 0 Å². The third-order valence-electron chi connectivity index (χ3n) is 3.71. The van der Waals surface area contributed by atoms with E-state index in [2.05, 4.69) is 5.32 Å². The average molecular weight is 280 g/mol. The van der Waals surface area contributed by atoms with Crippen molar-refractivity contribution in [3.63, 3.8) is 0 Å². The molecule has 7 nitrogen and oxygen atoms in total. The molecule has 1 aliphatic carbocycles. The fourth-order valence-corrected chi connectivity index (χ4v) is 2.47. The van der Waals surface area contributed by atoms with Crippen molar-refractivity contribution in [2.75, 3.05) is 6.54 Å². The molecule has 20 heavy (non-hydrogen) atoms. The predicted molar refractivity (Wildman–Crippen MR) is 68.1 cm³/mol. The van der Waals surface area contributed by atoms with Gasteiger partial charge in [0.05, 0.1) is 5.41 Å². The van der Waals surface area contributed by atoms with Crippen LogP contribution >= 0.6 is 0 Å². The lowest BCUT2D eigenvalue weighted by Crippen LogP contribution is -2.44. The molecule has 1 fully saturated rings. The molecule has 0 saturated heterocycles. The van der Waals surface area contributed by atoms with Gasteiger partial charge in [0.25, 0.3) is 5.91 Å². The van der Waals surface area contributed by atoms with Crippen LogP contribution in [0.15, 0.2) is 16.5 Å². The quantitative estimate of drug-likeness (QED) is 0.734. The summed E-state index contributed by atoms with van der Waals surface area (Å²) in [4.78, 5) is 34.0. The molecule has 2 rings (SSSR count). The number of nitrogens with one attached hydrogen (secondary N) is 1. The molecule has 4 N–H and O–H groups in total. The molecule has 0 bridgehead atoms. The summed E-state index contributed by atoms with van der Waals surface area (Å²) in [6.07, 6.45) is 3.12. The van der Waals surface area contributed by atoms with Gasteiger partial charge in [0.1, 0.15) is 0 Å². The van der Waals surface area contributed by atoms with Crippen molar-refractivity contribution in [2.24, 2.45) is 11.1 Å². The first-order valence-electron chi connectivity index (χ1n) is 6.36. The molecule has 0 radical (unpaired) electrons. The van der Waals surface area contributed by atoms with E-state index < -0.39 is 23.2 Å². The zero-order valence-electron chi connectivity index (χ0n) is 10.8. The summed E-state index contributed by atoms with van der Waals surface area (Å²) in [5.41, 5.74) is 4.71. The Labute approximate surface area is 115 Å². The maximum absolute atomic E-state index is 11.9. The molecule has 1 aliphatic rings. The van der Waals surface area contributed by atoms with E-state index in [0.717, 1.165) is 12.8 Å². The Morgan fingerprint density at radius 2 is 1.85 bits per heavy atom. The van der Waals surface area contributed by atoms with E-state index in [9.17, 15) is 14.4 Å². The van der Waals surface area contributed by atoms with Gasteiger partial charge in [0, 0.05) is 6.54 Å². The number of carbonyl (C=O) groups excluding carboxylic acids is 2. The van der Waals surface area contributed by atoms with Crippen LogP contribution in [0.5, 0.6) is 0 Å². The number of aromatic carboxylic acids is 1. The van der Waals surface area contributed by atoms with Crippen LogP contribution in [0, 0.1) is 5.41 Å². The Hall–Kier alpha value is -2.31. The van der Waals surface area contributed by atoms with Gasteiger partial charge in [-0.2, -0.15) is 0 Å². The first-order chi connectivity index (χ1) is 9.44. The van der Waals surface area contributed by atoms with E-state index >= 15 is 0 Å². The lowest BCUT2D eigenvalue weighted by molar-refractivity contribution is -0.127. The first-order valence-corrected chi connectivity index (χ1v) is 6.36. The van der Waals surface area contributed by atoms with E-state index in [0.29, 0.717) is 12.8 Å². The zero-order valence-corrected chi connectivity index (χ0v) is 10.8. The fourth-order valence-electron chi connectivity index (χ4n) is 2.47.